The van der Waals surface area contributed by atoms with E-state index >= 15 is 0 Å². The van der Waals surface area contributed by atoms with Crippen LogP contribution < -0.4 is 0 Å². The number of alkyl halides is 3. The van der Waals surface area contributed by atoms with E-state index < -0.39 is 3.79 Å². The van der Waals surface area contributed by atoms with Crippen LogP contribution in [0.25, 0.3) is 0 Å². The van der Waals surface area contributed by atoms with E-state index in [1.807, 2.05) is 0 Å². The molecule has 22 heavy (non-hydrogen) atoms. The monoisotopic (exact) mass is 475 g/mol. The van der Waals surface area contributed by atoms with Crippen LogP contribution in [0.4, 0.5) is 0 Å². The van der Waals surface area contributed by atoms with Gasteiger partial charge in [0.25, 0.3) is 0 Å². The van der Waals surface area contributed by atoms with Crippen LogP contribution in [0, 0.1) is 0 Å². The Morgan fingerprint density at radius 1 is 0.455 bits per heavy atom. The van der Waals surface area contributed by atoms with E-state index in [1.54, 1.807) is 22.5 Å². The van der Waals surface area contributed by atoms with Gasteiger partial charge in [0.15, 0.2) is 3.79 Å². The van der Waals surface area contributed by atoms with E-state index in [0.717, 1.165) is 6.42 Å². The minimum absolute atomic E-state index is 0.692. The van der Waals surface area contributed by atoms with E-state index in [4.69, 9.17) is 34.8 Å². The van der Waals surface area contributed by atoms with Crippen molar-refractivity contribution in [2.24, 2.45) is 0 Å². The zero-order chi connectivity index (χ0) is 16.5. The first-order chi connectivity index (χ1) is 10.6. The molecule has 0 aliphatic heterocycles. The molecule has 0 nitrogen and oxygen atoms in total. The summed E-state index contributed by atoms with van der Waals surface area (Å²) in [5.41, 5.74) is 0. The molecule has 0 bridgehead atoms. The van der Waals surface area contributed by atoms with Crippen LogP contribution in [0.1, 0.15) is 103 Å². The third kappa shape index (κ3) is 21.7. The van der Waals surface area contributed by atoms with Gasteiger partial charge in [-0.15, -0.1) is 0 Å². The topological polar surface area (TPSA) is 0 Å². The summed E-state index contributed by atoms with van der Waals surface area (Å²) in [7, 11) is 0. The Bertz CT molecular complexity index is 217. The van der Waals surface area contributed by atoms with E-state index in [2.05, 4.69) is 0 Å². The Labute approximate surface area is 167 Å². The summed E-state index contributed by atoms with van der Waals surface area (Å²) in [5, 5.41) is 0. The molecule has 0 N–H and O–H groups in total. The molecule has 0 saturated carbocycles. The van der Waals surface area contributed by atoms with E-state index in [9.17, 15) is 0 Å². The maximum absolute atomic E-state index is 5.73. The van der Waals surface area contributed by atoms with Gasteiger partial charge >= 0.3 is 97.6 Å². The third-order valence-corrected chi connectivity index (χ3v) is 5.71. The standard InChI is InChI=1S/C18H34Cl3.Sn/c1-2-3-4-5-6-7-8-9-10-11-12-13-14-15-16-17-18(19,20)21;/h1-17H2;. The predicted octanol–water partition coefficient (Wildman–Crippen LogP) is 8.19. The fourth-order valence-electron chi connectivity index (χ4n) is 2.75. The second kappa shape index (κ2) is 17.5. The van der Waals surface area contributed by atoms with Crippen LogP contribution in [-0.2, 0) is 0 Å². The van der Waals surface area contributed by atoms with E-state index in [0.29, 0.717) is 6.42 Å². The molecule has 0 aromatic rings. The SMILES string of the molecule is ClC(Cl)(Cl)CCCCCCCCCCCCCCCC[CH2][Sn]. The van der Waals surface area contributed by atoms with Crippen LogP contribution in [0.5, 0.6) is 0 Å². The Morgan fingerprint density at radius 2 is 0.727 bits per heavy atom. The molecule has 0 rings (SSSR count). The van der Waals surface area contributed by atoms with Gasteiger partial charge in [0, 0.05) is 0 Å². The van der Waals surface area contributed by atoms with Gasteiger partial charge in [-0.2, -0.15) is 0 Å². The minimum atomic E-state index is -1.04. The second-order valence-corrected chi connectivity index (χ2v) is 10.4. The Balaban J connectivity index is 3.00. The summed E-state index contributed by atoms with van der Waals surface area (Å²) < 4.78 is 0.399. The van der Waals surface area contributed by atoms with E-state index in [1.165, 1.54) is 94.3 Å². The van der Waals surface area contributed by atoms with Crippen molar-refractivity contribution in [1.29, 1.82) is 0 Å². The van der Waals surface area contributed by atoms with Crippen molar-refractivity contribution in [2.75, 3.05) is 0 Å². The average molecular weight is 476 g/mol. The molecule has 0 aromatic carbocycles. The van der Waals surface area contributed by atoms with E-state index in [-0.39, 0.29) is 0 Å². The zero-order valence-electron chi connectivity index (χ0n) is 14.2. The first kappa shape index (κ1) is 23.7. The van der Waals surface area contributed by atoms with Crippen LogP contribution >= 0.6 is 34.8 Å². The number of halogens is 3. The molecular formula is C18H34Cl3Sn. The van der Waals surface area contributed by atoms with Crippen molar-refractivity contribution in [3.05, 3.63) is 0 Å². The van der Waals surface area contributed by atoms with Gasteiger partial charge in [0.1, 0.15) is 0 Å². The van der Waals surface area contributed by atoms with Gasteiger partial charge < -0.3 is 0 Å². The summed E-state index contributed by atoms with van der Waals surface area (Å²) in [4.78, 5) is 0. The normalized spacial score (nSPS) is 12.0. The maximum atomic E-state index is 5.73. The molecule has 0 unspecified atom stereocenters. The molecule has 0 saturated heterocycles. The molecule has 0 fully saturated rings. The molecule has 0 aliphatic rings. The van der Waals surface area contributed by atoms with Gasteiger partial charge in [-0.25, -0.2) is 0 Å². The molecule has 0 spiro atoms. The molecule has 3 radical (unpaired) electrons. The fraction of sp³-hybridized carbons (Fsp3) is 1.00. The first-order valence-corrected chi connectivity index (χ1v) is 12.4. The van der Waals surface area contributed by atoms with Crippen LogP contribution in [0.15, 0.2) is 0 Å². The zero-order valence-corrected chi connectivity index (χ0v) is 19.3. The molecule has 0 amide bonds. The van der Waals surface area contributed by atoms with Gasteiger partial charge in [0.05, 0.1) is 0 Å². The van der Waals surface area contributed by atoms with Crippen LogP contribution in [-0.4, -0.2) is 26.3 Å². The van der Waals surface area contributed by atoms with Crippen molar-refractivity contribution in [2.45, 2.75) is 111 Å². The summed E-state index contributed by atoms with van der Waals surface area (Å²) in [6.45, 7) is 0. The number of hydrogen-bond acceptors (Lipinski definition) is 0. The predicted molar refractivity (Wildman–Crippen MR) is 105 cm³/mol. The number of hydrogen-bond donors (Lipinski definition) is 0. The number of rotatable bonds is 16. The van der Waals surface area contributed by atoms with Gasteiger partial charge in [-0.05, 0) is 12.8 Å². The Hall–Kier alpha value is 1.67. The average Bonchev–Trinajstić information content (AvgIpc) is 2.45. The summed E-state index contributed by atoms with van der Waals surface area (Å²) >= 11 is 18.9. The molecular weight excluding hydrogens is 441 g/mol. The summed E-state index contributed by atoms with van der Waals surface area (Å²) in [5.74, 6) is 0. The van der Waals surface area contributed by atoms with Crippen molar-refractivity contribution in [1.82, 2.24) is 0 Å². The van der Waals surface area contributed by atoms with Crippen LogP contribution in [0.3, 0.4) is 0 Å². The van der Waals surface area contributed by atoms with Crippen molar-refractivity contribution < 1.29 is 0 Å². The van der Waals surface area contributed by atoms with Crippen molar-refractivity contribution in [3.8, 4) is 0 Å². The van der Waals surface area contributed by atoms with Gasteiger partial charge in [-0.1, -0.05) is 54.1 Å². The Morgan fingerprint density at radius 3 is 1.00 bits per heavy atom. The van der Waals surface area contributed by atoms with Gasteiger partial charge in [0.2, 0.25) is 0 Å². The third-order valence-electron chi connectivity index (χ3n) is 4.14. The molecule has 0 aromatic heterocycles. The molecule has 131 valence electrons. The molecule has 0 heterocycles. The first-order valence-electron chi connectivity index (χ1n) is 9.27. The second-order valence-electron chi connectivity index (χ2n) is 6.42. The van der Waals surface area contributed by atoms with Crippen molar-refractivity contribution >= 4 is 57.3 Å². The van der Waals surface area contributed by atoms with Crippen molar-refractivity contribution in [3.63, 3.8) is 0 Å². The molecule has 0 aliphatic carbocycles. The Kier molecular flexibility index (Phi) is 18.8. The summed E-state index contributed by atoms with van der Waals surface area (Å²) in [6, 6.07) is 0. The van der Waals surface area contributed by atoms with Crippen LogP contribution in [0.2, 0.25) is 4.44 Å². The summed E-state index contributed by atoms with van der Waals surface area (Å²) in [6.07, 6.45) is 21.4. The number of unbranched alkanes of at least 4 members (excludes halogenated alkanes) is 14. The quantitative estimate of drug-likeness (QED) is 0.120. The molecule has 0 atom stereocenters. The molecule has 4 heteroatoms. The fourth-order valence-corrected chi connectivity index (χ4v) is 3.86. The van der Waals surface area contributed by atoms with Gasteiger partial charge in [-0.3, -0.25) is 0 Å².